The highest BCUT2D eigenvalue weighted by atomic mass is 35.5. The highest BCUT2D eigenvalue weighted by Gasteiger charge is 2.24. The SMILES string of the molecule is CC[C@@](C)(N)c1cnc(OCCC(C)(C)SC)c2cnc(Cl)cc12. The normalized spacial score (nSPS) is 14.6. The topological polar surface area (TPSA) is 61.0 Å². The Morgan fingerprint density at radius 2 is 1.92 bits per heavy atom. The lowest BCUT2D eigenvalue weighted by Crippen LogP contribution is -2.32. The zero-order valence-corrected chi connectivity index (χ0v) is 16.6. The first-order valence-corrected chi connectivity index (χ1v) is 9.72. The molecule has 0 aliphatic heterocycles. The Kier molecular flexibility index (Phi) is 6.00. The summed E-state index contributed by atoms with van der Waals surface area (Å²) < 4.78 is 6.13. The largest absolute Gasteiger partial charge is 0.477 e. The van der Waals surface area contributed by atoms with Gasteiger partial charge >= 0.3 is 0 Å². The fraction of sp³-hybridized carbons (Fsp3) is 0.556. The minimum absolute atomic E-state index is 0.176. The third kappa shape index (κ3) is 4.32. The van der Waals surface area contributed by atoms with Gasteiger partial charge in [-0.05, 0) is 43.0 Å². The lowest BCUT2D eigenvalue weighted by Gasteiger charge is -2.25. The average Bonchev–Trinajstić information content (AvgIpc) is 2.54. The Morgan fingerprint density at radius 1 is 1.21 bits per heavy atom. The quantitative estimate of drug-likeness (QED) is 0.713. The first-order valence-electron chi connectivity index (χ1n) is 8.12. The maximum absolute atomic E-state index is 6.43. The number of rotatable bonds is 7. The summed E-state index contributed by atoms with van der Waals surface area (Å²) >= 11 is 7.93. The van der Waals surface area contributed by atoms with Crippen molar-refractivity contribution in [1.82, 2.24) is 9.97 Å². The van der Waals surface area contributed by atoms with E-state index in [-0.39, 0.29) is 4.75 Å². The van der Waals surface area contributed by atoms with Crippen molar-refractivity contribution in [2.24, 2.45) is 5.73 Å². The molecule has 24 heavy (non-hydrogen) atoms. The second kappa shape index (κ2) is 7.46. The summed E-state index contributed by atoms with van der Waals surface area (Å²) in [5.74, 6) is 0.585. The zero-order chi connectivity index (χ0) is 18.0. The molecule has 1 atom stereocenters. The molecule has 0 aromatic carbocycles. The molecule has 0 bridgehead atoms. The van der Waals surface area contributed by atoms with Gasteiger partial charge in [-0.2, -0.15) is 11.8 Å². The van der Waals surface area contributed by atoms with Gasteiger partial charge in [0.1, 0.15) is 5.15 Å². The number of halogens is 1. The van der Waals surface area contributed by atoms with Crippen LogP contribution in [0.25, 0.3) is 10.8 Å². The van der Waals surface area contributed by atoms with Gasteiger partial charge in [0, 0.05) is 22.7 Å². The standard InChI is InChI=1S/C18H26ClN3OS/c1-6-18(4,20)14-11-22-16(23-8-7-17(2,3)24-5)13-10-21-15(19)9-12(13)14/h9-11H,6-8,20H2,1-5H3/t18-/m1/s1. The number of nitrogens with zero attached hydrogens (tertiary/aromatic N) is 2. The lowest BCUT2D eigenvalue weighted by atomic mass is 9.89. The van der Waals surface area contributed by atoms with Gasteiger partial charge in [-0.25, -0.2) is 9.97 Å². The third-order valence-electron chi connectivity index (χ3n) is 4.55. The van der Waals surface area contributed by atoms with Gasteiger partial charge in [-0.3, -0.25) is 0 Å². The fourth-order valence-electron chi connectivity index (χ4n) is 2.34. The number of nitrogens with two attached hydrogens (primary N) is 1. The molecule has 2 aromatic heterocycles. The van der Waals surface area contributed by atoms with E-state index >= 15 is 0 Å². The summed E-state index contributed by atoms with van der Waals surface area (Å²) in [5, 5.41) is 2.25. The van der Waals surface area contributed by atoms with Crippen LogP contribution in [0.15, 0.2) is 18.5 Å². The maximum Gasteiger partial charge on any atom is 0.222 e. The van der Waals surface area contributed by atoms with Gasteiger partial charge < -0.3 is 10.5 Å². The summed E-state index contributed by atoms with van der Waals surface area (Å²) in [6, 6.07) is 1.84. The summed E-state index contributed by atoms with van der Waals surface area (Å²) in [6.07, 6.45) is 7.36. The van der Waals surface area contributed by atoms with Crippen LogP contribution in [-0.4, -0.2) is 27.6 Å². The van der Waals surface area contributed by atoms with Crippen LogP contribution in [0.1, 0.15) is 46.1 Å². The van der Waals surface area contributed by atoms with Crippen LogP contribution in [0.4, 0.5) is 0 Å². The van der Waals surface area contributed by atoms with E-state index in [9.17, 15) is 0 Å². The van der Waals surface area contributed by atoms with Gasteiger partial charge in [0.25, 0.3) is 0 Å². The average molecular weight is 368 g/mol. The van der Waals surface area contributed by atoms with Gasteiger partial charge in [-0.15, -0.1) is 0 Å². The van der Waals surface area contributed by atoms with Crippen molar-refractivity contribution in [1.29, 1.82) is 0 Å². The van der Waals surface area contributed by atoms with Gasteiger partial charge in [0.15, 0.2) is 0 Å². The molecule has 0 fully saturated rings. The van der Waals surface area contributed by atoms with Gasteiger partial charge in [0.2, 0.25) is 5.88 Å². The number of pyridine rings is 2. The first kappa shape index (κ1) is 19.3. The minimum Gasteiger partial charge on any atom is -0.477 e. The number of aromatic nitrogens is 2. The van der Waals surface area contributed by atoms with Crippen LogP contribution >= 0.6 is 23.4 Å². The third-order valence-corrected chi connectivity index (χ3v) is 6.06. The van der Waals surface area contributed by atoms with E-state index in [1.807, 2.05) is 24.8 Å². The van der Waals surface area contributed by atoms with Gasteiger partial charge in [-0.1, -0.05) is 32.4 Å². The van der Waals surface area contributed by atoms with Crippen molar-refractivity contribution >= 4 is 34.1 Å². The van der Waals surface area contributed by atoms with Crippen molar-refractivity contribution in [3.63, 3.8) is 0 Å². The van der Waals surface area contributed by atoms with Gasteiger partial charge in [0.05, 0.1) is 12.0 Å². The molecule has 2 rings (SSSR count). The molecule has 6 heteroatoms. The summed E-state index contributed by atoms with van der Waals surface area (Å²) in [5.41, 5.74) is 6.91. The van der Waals surface area contributed by atoms with E-state index in [1.54, 1.807) is 12.4 Å². The first-order chi connectivity index (χ1) is 11.2. The maximum atomic E-state index is 6.43. The van der Waals surface area contributed by atoms with E-state index in [4.69, 9.17) is 22.1 Å². The molecule has 0 saturated heterocycles. The molecular formula is C18H26ClN3OS. The molecule has 0 unspecified atom stereocenters. The predicted octanol–water partition coefficient (Wildman–Crippen LogP) is 4.78. The second-order valence-electron chi connectivity index (χ2n) is 6.86. The van der Waals surface area contributed by atoms with Crippen molar-refractivity contribution < 1.29 is 4.74 Å². The molecule has 0 aliphatic carbocycles. The summed E-state index contributed by atoms with van der Waals surface area (Å²) in [7, 11) is 0. The molecule has 0 amide bonds. The zero-order valence-electron chi connectivity index (χ0n) is 15.0. The smallest absolute Gasteiger partial charge is 0.222 e. The molecule has 0 saturated carbocycles. The van der Waals surface area contributed by atoms with Crippen LogP contribution < -0.4 is 10.5 Å². The lowest BCUT2D eigenvalue weighted by molar-refractivity contribution is 0.290. The van der Waals surface area contributed by atoms with E-state index in [0.717, 1.165) is 29.2 Å². The van der Waals surface area contributed by atoms with E-state index < -0.39 is 5.54 Å². The second-order valence-corrected chi connectivity index (χ2v) is 8.76. The number of ether oxygens (including phenoxy) is 1. The van der Waals surface area contributed by atoms with Crippen molar-refractivity contribution in [3.8, 4) is 5.88 Å². The highest BCUT2D eigenvalue weighted by Crippen LogP contribution is 2.34. The number of hydrogen-bond donors (Lipinski definition) is 1. The Bertz CT molecular complexity index is 719. The van der Waals surface area contributed by atoms with Crippen molar-refractivity contribution in [3.05, 3.63) is 29.2 Å². The van der Waals surface area contributed by atoms with Crippen molar-refractivity contribution in [2.75, 3.05) is 12.9 Å². The monoisotopic (exact) mass is 367 g/mol. The number of fused-ring (bicyclic) bond motifs is 1. The predicted molar refractivity (Wildman–Crippen MR) is 104 cm³/mol. The Morgan fingerprint density at radius 3 is 2.54 bits per heavy atom. The molecule has 0 radical (unpaired) electrons. The van der Waals surface area contributed by atoms with E-state index in [0.29, 0.717) is 17.6 Å². The number of hydrogen-bond acceptors (Lipinski definition) is 5. The van der Waals surface area contributed by atoms with Crippen LogP contribution in [0.3, 0.4) is 0 Å². The molecule has 132 valence electrons. The van der Waals surface area contributed by atoms with Crippen molar-refractivity contribution in [2.45, 2.75) is 50.8 Å². The van der Waals surface area contributed by atoms with Crippen LogP contribution in [-0.2, 0) is 5.54 Å². The van der Waals surface area contributed by atoms with Crippen LogP contribution in [0.5, 0.6) is 5.88 Å². The van der Waals surface area contributed by atoms with Crippen LogP contribution in [0, 0.1) is 0 Å². The summed E-state index contributed by atoms with van der Waals surface area (Å²) in [6.45, 7) is 9.07. The molecule has 0 aliphatic rings. The van der Waals surface area contributed by atoms with E-state index in [1.165, 1.54) is 0 Å². The Balaban J connectivity index is 2.38. The highest BCUT2D eigenvalue weighted by molar-refractivity contribution is 7.99. The van der Waals surface area contributed by atoms with Crippen LogP contribution in [0.2, 0.25) is 5.15 Å². The number of thioether (sulfide) groups is 1. The Hall–Kier alpha value is -1.04. The minimum atomic E-state index is -0.477. The molecule has 0 spiro atoms. The summed E-state index contributed by atoms with van der Waals surface area (Å²) in [4.78, 5) is 8.69. The molecule has 2 heterocycles. The molecular weight excluding hydrogens is 342 g/mol. The molecule has 4 nitrogen and oxygen atoms in total. The molecule has 2 aromatic rings. The fourth-order valence-corrected chi connectivity index (χ4v) is 2.79. The Labute approximate surface area is 153 Å². The van der Waals surface area contributed by atoms with E-state index in [2.05, 4.69) is 37.0 Å². The molecule has 2 N–H and O–H groups in total.